The molecule has 1 heterocycles. The van der Waals surface area contributed by atoms with Crippen LogP contribution < -0.4 is 5.32 Å². The van der Waals surface area contributed by atoms with E-state index < -0.39 is 0 Å². The van der Waals surface area contributed by atoms with Gasteiger partial charge in [0, 0.05) is 26.1 Å². The maximum absolute atomic E-state index is 12.1. The Balaban J connectivity index is 1.73. The van der Waals surface area contributed by atoms with Crippen molar-refractivity contribution in [1.29, 1.82) is 0 Å². The molecule has 1 N–H and O–H groups in total. The third kappa shape index (κ3) is 4.59. The van der Waals surface area contributed by atoms with E-state index >= 15 is 0 Å². The number of benzene rings is 1. The Morgan fingerprint density at radius 3 is 2.81 bits per heavy atom. The molecular weight excluding hydrogens is 264 g/mol. The molecule has 2 amide bonds. The summed E-state index contributed by atoms with van der Waals surface area (Å²) in [4.78, 5) is 25.8. The number of amides is 2. The molecule has 21 heavy (non-hydrogen) atoms. The van der Waals surface area contributed by atoms with Crippen LogP contribution in [0.25, 0.3) is 0 Å². The average molecular weight is 288 g/mol. The number of nitrogens with zero attached hydrogens (tertiary/aromatic N) is 1. The zero-order chi connectivity index (χ0) is 15.1. The minimum absolute atomic E-state index is 0.0123. The monoisotopic (exact) mass is 288 g/mol. The fourth-order valence-corrected chi connectivity index (χ4v) is 2.63. The first-order valence-electron chi connectivity index (χ1n) is 7.80. The van der Waals surface area contributed by atoms with Crippen molar-refractivity contribution in [2.45, 2.75) is 32.6 Å². The number of hydrogen-bond donors (Lipinski definition) is 1. The summed E-state index contributed by atoms with van der Waals surface area (Å²) in [6.07, 6.45) is 3.26. The van der Waals surface area contributed by atoms with Gasteiger partial charge in [0.15, 0.2) is 0 Å². The molecule has 1 aromatic carbocycles. The zero-order valence-electron chi connectivity index (χ0n) is 12.7. The number of rotatable bonds is 7. The molecule has 0 bridgehead atoms. The Hall–Kier alpha value is -1.84. The quantitative estimate of drug-likeness (QED) is 0.834. The number of nitrogens with one attached hydrogen (secondary N) is 1. The second-order valence-electron chi connectivity index (χ2n) is 5.62. The molecule has 0 unspecified atom stereocenters. The van der Waals surface area contributed by atoms with Crippen molar-refractivity contribution in [1.82, 2.24) is 10.2 Å². The molecule has 0 spiro atoms. The molecule has 0 radical (unpaired) electrons. The first-order valence-corrected chi connectivity index (χ1v) is 7.80. The van der Waals surface area contributed by atoms with Crippen molar-refractivity contribution in [3.8, 4) is 0 Å². The van der Waals surface area contributed by atoms with Gasteiger partial charge >= 0.3 is 0 Å². The molecule has 0 aromatic heterocycles. The summed E-state index contributed by atoms with van der Waals surface area (Å²) in [6, 6.07) is 10.1. The standard InChI is InChI=1S/C17H24N2O2/c1-2-3-11-19-13-15(12-16(19)20)17(21)18-10-9-14-7-5-4-6-8-14/h4-8,15H,2-3,9-13H2,1H3,(H,18,21)/t15-/m1/s1. The second kappa shape index (κ2) is 7.81. The summed E-state index contributed by atoms with van der Waals surface area (Å²) in [5.41, 5.74) is 1.21. The predicted octanol–water partition coefficient (Wildman–Crippen LogP) is 1.99. The first kappa shape index (κ1) is 15.5. The molecule has 4 nitrogen and oxygen atoms in total. The van der Waals surface area contributed by atoms with Crippen LogP contribution in [0.5, 0.6) is 0 Å². The zero-order valence-corrected chi connectivity index (χ0v) is 12.7. The summed E-state index contributed by atoms with van der Waals surface area (Å²) >= 11 is 0. The Morgan fingerprint density at radius 1 is 1.33 bits per heavy atom. The minimum Gasteiger partial charge on any atom is -0.355 e. The SMILES string of the molecule is CCCCN1C[C@H](C(=O)NCCc2ccccc2)CC1=O. The molecule has 4 heteroatoms. The molecule has 1 aromatic rings. The van der Waals surface area contributed by atoms with Gasteiger partial charge in [-0.1, -0.05) is 43.7 Å². The Kier molecular flexibility index (Phi) is 5.78. The van der Waals surface area contributed by atoms with E-state index in [1.807, 2.05) is 23.1 Å². The Labute approximate surface area is 126 Å². The highest BCUT2D eigenvalue weighted by Crippen LogP contribution is 2.18. The van der Waals surface area contributed by atoms with Crippen LogP contribution in [-0.4, -0.2) is 36.3 Å². The highest BCUT2D eigenvalue weighted by Gasteiger charge is 2.33. The van der Waals surface area contributed by atoms with Crippen molar-refractivity contribution in [3.63, 3.8) is 0 Å². The summed E-state index contributed by atoms with van der Waals surface area (Å²) in [6.45, 7) is 4.09. The van der Waals surface area contributed by atoms with Crippen LogP contribution in [-0.2, 0) is 16.0 Å². The van der Waals surface area contributed by atoms with Crippen LogP contribution in [0.4, 0.5) is 0 Å². The van der Waals surface area contributed by atoms with E-state index in [4.69, 9.17) is 0 Å². The van der Waals surface area contributed by atoms with Crippen LogP contribution in [0.3, 0.4) is 0 Å². The summed E-state index contributed by atoms with van der Waals surface area (Å²) in [5.74, 6) is -0.0462. The molecule has 2 rings (SSSR count). The molecule has 1 aliphatic rings. The summed E-state index contributed by atoms with van der Waals surface area (Å²) < 4.78 is 0. The Morgan fingerprint density at radius 2 is 2.10 bits per heavy atom. The van der Waals surface area contributed by atoms with Gasteiger partial charge in [-0.25, -0.2) is 0 Å². The van der Waals surface area contributed by atoms with Crippen molar-refractivity contribution in [3.05, 3.63) is 35.9 Å². The predicted molar refractivity (Wildman–Crippen MR) is 82.8 cm³/mol. The fourth-order valence-electron chi connectivity index (χ4n) is 2.63. The second-order valence-corrected chi connectivity index (χ2v) is 5.62. The summed E-state index contributed by atoms with van der Waals surface area (Å²) in [5, 5.41) is 2.95. The number of unbranched alkanes of at least 4 members (excludes halogenated alkanes) is 1. The molecule has 114 valence electrons. The Bertz CT molecular complexity index is 473. The highest BCUT2D eigenvalue weighted by atomic mass is 16.2. The van der Waals surface area contributed by atoms with E-state index in [1.54, 1.807) is 0 Å². The topological polar surface area (TPSA) is 49.4 Å². The first-order chi connectivity index (χ1) is 10.2. The van der Waals surface area contributed by atoms with Crippen molar-refractivity contribution >= 4 is 11.8 Å². The molecule has 1 aliphatic heterocycles. The third-order valence-electron chi connectivity index (χ3n) is 3.92. The van der Waals surface area contributed by atoms with Gasteiger partial charge in [0.2, 0.25) is 11.8 Å². The van der Waals surface area contributed by atoms with Gasteiger partial charge in [-0.3, -0.25) is 9.59 Å². The number of carbonyl (C=O) groups excluding carboxylic acids is 2. The molecule has 1 atom stereocenters. The van der Waals surface area contributed by atoms with Crippen LogP contribution in [0.1, 0.15) is 31.7 Å². The van der Waals surface area contributed by atoms with Gasteiger partial charge in [0.05, 0.1) is 5.92 Å². The number of hydrogen-bond acceptors (Lipinski definition) is 2. The van der Waals surface area contributed by atoms with Gasteiger partial charge in [-0.2, -0.15) is 0 Å². The van der Waals surface area contributed by atoms with E-state index in [0.717, 1.165) is 25.8 Å². The number of carbonyl (C=O) groups is 2. The van der Waals surface area contributed by atoms with E-state index in [0.29, 0.717) is 19.5 Å². The number of likely N-dealkylation sites (tertiary alicyclic amines) is 1. The molecule has 0 aliphatic carbocycles. The van der Waals surface area contributed by atoms with Gasteiger partial charge in [0.1, 0.15) is 0 Å². The highest BCUT2D eigenvalue weighted by molar-refractivity contribution is 5.89. The molecule has 1 saturated heterocycles. The van der Waals surface area contributed by atoms with Gasteiger partial charge in [0.25, 0.3) is 0 Å². The van der Waals surface area contributed by atoms with Crippen molar-refractivity contribution < 1.29 is 9.59 Å². The van der Waals surface area contributed by atoms with Crippen LogP contribution >= 0.6 is 0 Å². The molecule has 1 fully saturated rings. The lowest BCUT2D eigenvalue weighted by atomic mass is 10.1. The van der Waals surface area contributed by atoms with E-state index in [1.165, 1.54) is 5.56 Å². The lowest BCUT2D eigenvalue weighted by Crippen LogP contribution is -2.34. The van der Waals surface area contributed by atoms with Crippen LogP contribution in [0.2, 0.25) is 0 Å². The van der Waals surface area contributed by atoms with Gasteiger partial charge < -0.3 is 10.2 Å². The smallest absolute Gasteiger partial charge is 0.225 e. The largest absolute Gasteiger partial charge is 0.355 e. The normalized spacial score (nSPS) is 18.0. The molecular formula is C17H24N2O2. The molecule has 0 saturated carbocycles. The van der Waals surface area contributed by atoms with Crippen molar-refractivity contribution in [2.24, 2.45) is 5.92 Å². The van der Waals surface area contributed by atoms with Crippen LogP contribution in [0, 0.1) is 5.92 Å². The van der Waals surface area contributed by atoms with Gasteiger partial charge in [-0.15, -0.1) is 0 Å². The lowest BCUT2D eigenvalue weighted by molar-refractivity contribution is -0.129. The fraction of sp³-hybridized carbons (Fsp3) is 0.529. The average Bonchev–Trinajstić information content (AvgIpc) is 2.87. The third-order valence-corrected chi connectivity index (χ3v) is 3.92. The van der Waals surface area contributed by atoms with E-state index in [9.17, 15) is 9.59 Å². The van der Waals surface area contributed by atoms with E-state index in [2.05, 4.69) is 24.4 Å². The minimum atomic E-state index is -0.176. The lowest BCUT2D eigenvalue weighted by Gasteiger charge is -2.15. The maximum atomic E-state index is 12.1. The maximum Gasteiger partial charge on any atom is 0.225 e. The van der Waals surface area contributed by atoms with Crippen molar-refractivity contribution in [2.75, 3.05) is 19.6 Å². The van der Waals surface area contributed by atoms with Gasteiger partial charge in [-0.05, 0) is 18.4 Å². The van der Waals surface area contributed by atoms with E-state index in [-0.39, 0.29) is 17.7 Å². The summed E-state index contributed by atoms with van der Waals surface area (Å²) in [7, 11) is 0. The van der Waals surface area contributed by atoms with Crippen LogP contribution in [0.15, 0.2) is 30.3 Å².